The minimum atomic E-state index is -3.81. The van der Waals surface area contributed by atoms with Crippen LogP contribution in [-0.4, -0.2) is 31.6 Å². The second-order valence-corrected chi connectivity index (χ2v) is 6.80. The molecule has 0 aliphatic carbocycles. The number of H-pyrrole nitrogens is 1. The van der Waals surface area contributed by atoms with Gasteiger partial charge in [0.05, 0.1) is 17.0 Å². The smallest absolute Gasteiger partial charge is 0.420 e. The van der Waals surface area contributed by atoms with E-state index in [1.807, 2.05) is 6.07 Å². The molecule has 156 valence electrons. The van der Waals surface area contributed by atoms with Crippen molar-refractivity contribution in [3.8, 4) is 28.3 Å². The summed E-state index contributed by atoms with van der Waals surface area (Å²) in [5.74, 6) is -0.562. The fourth-order valence-corrected chi connectivity index (χ4v) is 2.97. The lowest BCUT2D eigenvalue weighted by Gasteiger charge is -2.12. The monoisotopic (exact) mass is 441 g/mol. The quantitative estimate of drug-likeness (QED) is 0.413. The molecule has 1 amide bonds. The first-order valence-electron chi connectivity index (χ1n) is 8.96. The Labute approximate surface area is 180 Å². The van der Waals surface area contributed by atoms with Gasteiger partial charge in [-0.3, -0.25) is 19.9 Å². The zero-order chi connectivity index (χ0) is 21.8. The van der Waals surface area contributed by atoms with Crippen molar-refractivity contribution < 1.29 is 18.3 Å². The Morgan fingerprint density at radius 1 is 1.10 bits per heavy atom. The summed E-state index contributed by atoms with van der Waals surface area (Å²) in [6, 6.07) is 12.5. The number of halogens is 3. The molecular weight excluding hydrogens is 428 g/mol. The number of benzene rings is 1. The molecule has 0 fully saturated rings. The van der Waals surface area contributed by atoms with E-state index >= 15 is 0 Å². The molecular formula is C21H14ClF2N5O2. The maximum absolute atomic E-state index is 12.7. The SMILES string of the molecule is O=C(Nc1ccc(OC(F)(F)Cl)cc1)c1cnc(-c2ccn[nH]2)c(-c2cccnc2)c1. The van der Waals surface area contributed by atoms with Gasteiger partial charge in [0.2, 0.25) is 0 Å². The molecule has 0 saturated heterocycles. The maximum Gasteiger partial charge on any atom is 0.487 e. The number of alkyl halides is 3. The van der Waals surface area contributed by atoms with Crippen LogP contribution in [0.15, 0.2) is 73.3 Å². The predicted octanol–water partition coefficient (Wildman–Crippen LogP) is 4.95. The van der Waals surface area contributed by atoms with E-state index in [0.29, 0.717) is 28.2 Å². The van der Waals surface area contributed by atoms with E-state index < -0.39 is 11.5 Å². The average molecular weight is 442 g/mol. The summed E-state index contributed by atoms with van der Waals surface area (Å²) >= 11 is 4.74. The zero-order valence-corrected chi connectivity index (χ0v) is 16.5. The van der Waals surface area contributed by atoms with Gasteiger partial charge < -0.3 is 10.1 Å². The topological polar surface area (TPSA) is 92.8 Å². The Balaban J connectivity index is 1.60. The Morgan fingerprint density at radius 3 is 2.55 bits per heavy atom. The summed E-state index contributed by atoms with van der Waals surface area (Å²) in [4.78, 5) is 21.3. The molecule has 0 atom stereocenters. The summed E-state index contributed by atoms with van der Waals surface area (Å²) in [6.07, 6.45) is 6.37. The lowest BCUT2D eigenvalue weighted by atomic mass is 10.0. The molecule has 3 heterocycles. The van der Waals surface area contributed by atoms with Crippen molar-refractivity contribution >= 4 is 23.2 Å². The van der Waals surface area contributed by atoms with Crippen LogP contribution in [0.5, 0.6) is 5.75 Å². The molecule has 0 aliphatic heterocycles. The van der Waals surface area contributed by atoms with E-state index in [1.165, 1.54) is 30.5 Å². The number of rotatable bonds is 6. The molecule has 0 aliphatic rings. The van der Waals surface area contributed by atoms with Gasteiger partial charge in [-0.2, -0.15) is 5.10 Å². The summed E-state index contributed by atoms with van der Waals surface area (Å²) in [6.45, 7) is 0. The van der Waals surface area contributed by atoms with Crippen LogP contribution in [0.4, 0.5) is 14.5 Å². The van der Waals surface area contributed by atoms with Crippen LogP contribution in [0.1, 0.15) is 10.4 Å². The molecule has 0 saturated carbocycles. The number of aromatic amines is 1. The molecule has 10 heteroatoms. The normalized spacial score (nSPS) is 11.2. The highest BCUT2D eigenvalue weighted by atomic mass is 35.5. The molecule has 4 rings (SSSR count). The van der Waals surface area contributed by atoms with E-state index in [2.05, 4.69) is 30.2 Å². The lowest BCUT2D eigenvalue weighted by Crippen LogP contribution is -2.16. The van der Waals surface area contributed by atoms with Gasteiger partial charge >= 0.3 is 5.57 Å². The molecule has 2 N–H and O–H groups in total. The van der Waals surface area contributed by atoms with Gasteiger partial charge in [-0.1, -0.05) is 6.07 Å². The maximum atomic E-state index is 12.7. The molecule has 4 aromatic rings. The molecule has 0 unspecified atom stereocenters. The van der Waals surface area contributed by atoms with Gasteiger partial charge in [-0.15, -0.1) is 8.78 Å². The Kier molecular flexibility index (Phi) is 5.59. The average Bonchev–Trinajstić information content (AvgIpc) is 3.29. The third-order valence-electron chi connectivity index (χ3n) is 4.22. The van der Waals surface area contributed by atoms with Crippen LogP contribution in [0.3, 0.4) is 0 Å². The van der Waals surface area contributed by atoms with Crippen molar-refractivity contribution in [1.29, 1.82) is 0 Å². The van der Waals surface area contributed by atoms with Gasteiger partial charge in [-0.05, 0) is 42.5 Å². The number of ether oxygens (including phenoxy) is 1. The van der Waals surface area contributed by atoms with Gasteiger partial charge in [0, 0.05) is 53.2 Å². The van der Waals surface area contributed by atoms with E-state index in [1.54, 1.807) is 36.8 Å². The number of carbonyl (C=O) groups is 1. The van der Waals surface area contributed by atoms with Crippen molar-refractivity contribution in [2.75, 3.05) is 5.32 Å². The fraction of sp³-hybridized carbons (Fsp3) is 0.0476. The van der Waals surface area contributed by atoms with Crippen molar-refractivity contribution in [2.24, 2.45) is 0 Å². The molecule has 1 aromatic carbocycles. The highest BCUT2D eigenvalue weighted by Gasteiger charge is 2.27. The number of hydrogen-bond acceptors (Lipinski definition) is 5. The highest BCUT2D eigenvalue weighted by molar-refractivity contribution is 6.20. The van der Waals surface area contributed by atoms with Crippen LogP contribution in [-0.2, 0) is 0 Å². The van der Waals surface area contributed by atoms with Crippen molar-refractivity contribution in [1.82, 2.24) is 20.2 Å². The third-order valence-corrected chi connectivity index (χ3v) is 4.30. The largest absolute Gasteiger partial charge is 0.487 e. The number of nitrogens with zero attached hydrogens (tertiary/aromatic N) is 3. The number of hydrogen-bond donors (Lipinski definition) is 2. The standard InChI is InChI=1S/C21H14ClF2N5O2/c22-21(23,24)31-16-5-3-15(4-6-16)28-20(30)14-10-17(13-2-1-8-25-11-13)19(26-12-14)18-7-9-27-29-18/h1-12H,(H,27,29)(H,28,30). The van der Waals surface area contributed by atoms with E-state index in [9.17, 15) is 13.6 Å². The molecule has 0 spiro atoms. The van der Waals surface area contributed by atoms with Gasteiger partial charge in [0.15, 0.2) is 0 Å². The van der Waals surface area contributed by atoms with Gasteiger partial charge in [0.25, 0.3) is 5.91 Å². The first-order valence-corrected chi connectivity index (χ1v) is 9.34. The molecule has 3 aromatic heterocycles. The first-order chi connectivity index (χ1) is 14.9. The summed E-state index contributed by atoms with van der Waals surface area (Å²) in [5.41, 5.74) is -0.348. The minimum Gasteiger partial charge on any atom is -0.420 e. The number of anilines is 1. The van der Waals surface area contributed by atoms with E-state index in [-0.39, 0.29) is 5.75 Å². The highest BCUT2D eigenvalue weighted by Crippen LogP contribution is 2.30. The minimum absolute atomic E-state index is 0.137. The van der Waals surface area contributed by atoms with Gasteiger partial charge in [-0.25, -0.2) is 0 Å². The van der Waals surface area contributed by atoms with Gasteiger partial charge in [0.1, 0.15) is 5.75 Å². The van der Waals surface area contributed by atoms with Crippen LogP contribution >= 0.6 is 11.6 Å². The van der Waals surface area contributed by atoms with E-state index in [4.69, 9.17) is 11.6 Å². The molecule has 0 radical (unpaired) electrons. The number of nitrogens with one attached hydrogen (secondary N) is 2. The Bertz CT molecular complexity index is 1180. The summed E-state index contributed by atoms with van der Waals surface area (Å²) in [7, 11) is 0. The third kappa shape index (κ3) is 5.01. The number of carbonyl (C=O) groups excluding carboxylic acids is 1. The second-order valence-electron chi connectivity index (χ2n) is 6.36. The van der Waals surface area contributed by atoms with Crippen molar-refractivity contribution in [3.05, 3.63) is 78.9 Å². The summed E-state index contributed by atoms with van der Waals surface area (Å²) < 4.78 is 29.7. The summed E-state index contributed by atoms with van der Waals surface area (Å²) in [5, 5.41) is 9.51. The second kappa shape index (κ2) is 8.49. The fourth-order valence-electron chi connectivity index (χ4n) is 2.88. The van der Waals surface area contributed by atoms with Crippen LogP contribution < -0.4 is 10.1 Å². The Morgan fingerprint density at radius 2 is 1.90 bits per heavy atom. The predicted molar refractivity (Wildman–Crippen MR) is 111 cm³/mol. The molecule has 31 heavy (non-hydrogen) atoms. The van der Waals surface area contributed by atoms with Crippen LogP contribution in [0, 0.1) is 0 Å². The molecule has 7 nitrogen and oxygen atoms in total. The molecule has 0 bridgehead atoms. The number of aromatic nitrogens is 4. The zero-order valence-electron chi connectivity index (χ0n) is 15.7. The first kappa shape index (κ1) is 20.4. The number of pyridine rings is 2. The van der Waals surface area contributed by atoms with Crippen molar-refractivity contribution in [3.63, 3.8) is 0 Å². The van der Waals surface area contributed by atoms with E-state index in [0.717, 1.165) is 5.56 Å². The Hall–Kier alpha value is -3.85. The number of amides is 1. The lowest BCUT2D eigenvalue weighted by molar-refractivity contribution is -0.0964. The van der Waals surface area contributed by atoms with Crippen LogP contribution in [0.25, 0.3) is 22.5 Å². The van der Waals surface area contributed by atoms with Crippen molar-refractivity contribution in [2.45, 2.75) is 5.57 Å². The van der Waals surface area contributed by atoms with Crippen LogP contribution in [0.2, 0.25) is 0 Å².